The van der Waals surface area contributed by atoms with Crippen LogP contribution >= 0.6 is 0 Å². The van der Waals surface area contributed by atoms with Gasteiger partial charge in [-0.15, -0.1) is 0 Å². The van der Waals surface area contributed by atoms with Crippen LogP contribution in [0.25, 0.3) is 0 Å². The van der Waals surface area contributed by atoms with Crippen molar-refractivity contribution >= 4 is 0 Å². The highest BCUT2D eigenvalue weighted by Crippen LogP contribution is 2.51. The number of benzene rings is 1. The Bertz CT molecular complexity index is 319. The molecule has 1 saturated carbocycles. The third-order valence-electron chi connectivity index (χ3n) is 3.45. The Kier molecular flexibility index (Phi) is 1.17. The van der Waals surface area contributed by atoms with E-state index in [1.54, 1.807) is 5.56 Å². The van der Waals surface area contributed by atoms with E-state index >= 15 is 0 Å². The molecular weight excluding hydrogens is 146 g/mol. The molecule has 3 atom stereocenters. The normalized spacial score (nSPS) is 36.9. The van der Waals surface area contributed by atoms with Crippen LogP contribution in [0.4, 0.5) is 0 Å². The van der Waals surface area contributed by atoms with Crippen LogP contribution in [-0.4, -0.2) is 6.04 Å². The molecule has 2 aliphatic carbocycles. The smallest absolute Gasteiger partial charge is 0.0114 e. The second kappa shape index (κ2) is 2.11. The molecule has 2 bridgehead atoms. The summed E-state index contributed by atoms with van der Waals surface area (Å²) in [6.07, 6.45) is 2.52. The lowest BCUT2D eigenvalue weighted by Crippen LogP contribution is -2.25. The van der Waals surface area contributed by atoms with E-state index in [-0.39, 0.29) is 0 Å². The molecule has 0 heterocycles. The molecule has 3 rings (SSSR count). The van der Waals surface area contributed by atoms with E-state index < -0.39 is 0 Å². The van der Waals surface area contributed by atoms with Crippen LogP contribution in [0.15, 0.2) is 24.3 Å². The SMILES string of the molecule is N[C@@H]1C[C@H]2C[C@H]1c1ccccc12. The molecule has 1 fully saturated rings. The van der Waals surface area contributed by atoms with Crippen LogP contribution in [-0.2, 0) is 0 Å². The molecule has 2 aliphatic rings. The number of hydrogen-bond acceptors (Lipinski definition) is 1. The molecular formula is C11H13N. The fourth-order valence-corrected chi connectivity index (χ4v) is 2.90. The standard InChI is InChI=1S/C11H13N/c12-11-6-7-5-10(11)9-4-2-1-3-8(7)9/h1-4,7,10-11H,5-6,12H2/t7-,10+,11-/m1/s1. The van der Waals surface area contributed by atoms with Gasteiger partial charge in [-0.1, -0.05) is 24.3 Å². The lowest BCUT2D eigenvalue weighted by Gasteiger charge is -2.20. The number of hydrogen-bond donors (Lipinski definition) is 1. The summed E-state index contributed by atoms with van der Waals surface area (Å²) in [5.74, 6) is 1.45. The van der Waals surface area contributed by atoms with Gasteiger partial charge in [-0.3, -0.25) is 0 Å². The summed E-state index contributed by atoms with van der Waals surface area (Å²) in [4.78, 5) is 0. The van der Waals surface area contributed by atoms with Crippen molar-refractivity contribution in [3.05, 3.63) is 35.4 Å². The van der Waals surface area contributed by atoms with Gasteiger partial charge in [-0.25, -0.2) is 0 Å². The average Bonchev–Trinajstić information content (AvgIpc) is 2.62. The molecule has 0 spiro atoms. The summed E-state index contributed by atoms with van der Waals surface area (Å²) in [6, 6.07) is 9.23. The number of rotatable bonds is 0. The molecule has 0 aromatic heterocycles. The maximum Gasteiger partial charge on any atom is 0.0114 e. The Balaban J connectivity index is 2.17. The van der Waals surface area contributed by atoms with E-state index in [1.165, 1.54) is 18.4 Å². The molecule has 0 amide bonds. The second-order valence-electron chi connectivity index (χ2n) is 4.07. The van der Waals surface area contributed by atoms with Gasteiger partial charge in [0.05, 0.1) is 0 Å². The molecule has 0 aliphatic heterocycles. The summed E-state index contributed by atoms with van der Waals surface area (Å²) in [6.45, 7) is 0. The van der Waals surface area contributed by atoms with Gasteiger partial charge in [0, 0.05) is 6.04 Å². The van der Waals surface area contributed by atoms with Crippen molar-refractivity contribution in [1.29, 1.82) is 0 Å². The van der Waals surface area contributed by atoms with Gasteiger partial charge in [0.25, 0.3) is 0 Å². The topological polar surface area (TPSA) is 26.0 Å². The fourth-order valence-electron chi connectivity index (χ4n) is 2.90. The molecule has 1 heteroatoms. The Morgan fingerprint density at radius 2 is 1.83 bits per heavy atom. The Morgan fingerprint density at radius 3 is 2.67 bits per heavy atom. The molecule has 0 unspecified atom stereocenters. The third-order valence-corrected chi connectivity index (χ3v) is 3.45. The van der Waals surface area contributed by atoms with Crippen molar-refractivity contribution in [2.24, 2.45) is 5.73 Å². The first kappa shape index (κ1) is 6.67. The van der Waals surface area contributed by atoms with Crippen LogP contribution in [0.3, 0.4) is 0 Å². The lowest BCUT2D eigenvalue weighted by atomic mass is 9.89. The minimum Gasteiger partial charge on any atom is -0.327 e. The van der Waals surface area contributed by atoms with Crippen molar-refractivity contribution in [2.45, 2.75) is 30.7 Å². The van der Waals surface area contributed by atoms with Crippen LogP contribution < -0.4 is 5.73 Å². The van der Waals surface area contributed by atoms with Crippen molar-refractivity contribution in [3.8, 4) is 0 Å². The first-order chi connectivity index (χ1) is 5.86. The highest BCUT2D eigenvalue weighted by molar-refractivity contribution is 5.42. The van der Waals surface area contributed by atoms with E-state index in [2.05, 4.69) is 24.3 Å². The predicted molar refractivity (Wildman–Crippen MR) is 49.1 cm³/mol. The van der Waals surface area contributed by atoms with Crippen LogP contribution in [0, 0.1) is 0 Å². The molecule has 1 aromatic carbocycles. The fraction of sp³-hybridized carbons (Fsp3) is 0.455. The molecule has 12 heavy (non-hydrogen) atoms. The second-order valence-corrected chi connectivity index (χ2v) is 4.07. The van der Waals surface area contributed by atoms with E-state index in [1.807, 2.05) is 0 Å². The molecule has 1 nitrogen and oxygen atoms in total. The first-order valence-electron chi connectivity index (χ1n) is 4.70. The first-order valence-corrected chi connectivity index (χ1v) is 4.70. The van der Waals surface area contributed by atoms with Crippen molar-refractivity contribution < 1.29 is 0 Å². The van der Waals surface area contributed by atoms with Gasteiger partial charge in [0.1, 0.15) is 0 Å². The highest BCUT2D eigenvalue weighted by atomic mass is 14.7. The zero-order chi connectivity index (χ0) is 8.13. The Hall–Kier alpha value is -0.820. The average molecular weight is 159 g/mol. The predicted octanol–water partition coefficient (Wildman–Crippen LogP) is 1.99. The Morgan fingerprint density at radius 1 is 1.08 bits per heavy atom. The monoisotopic (exact) mass is 159 g/mol. The molecule has 1 aromatic rings. The number of nitrogens with two attached hydrogens (primary N) is 1. The zero-order valence-electron chi connectivity index (χ0n) is 7.03. The lowest BCUT2D eigenvalue weighted by molar-refractivity contribution is 0.595. The van der Waals surface area contributed by atoms with E-state index in [0.717, 1.165) is 5.92 Å². The van der Waals surface area contributed by atoms with E-state index in [4.69, 9.17) is 5.73 Å². The van der Waals surface area contributed by atoms with E-state index in [0.29, 0.717) is 12.0 Å². The van der Waals surface area contributed by atoms with Gasteiger partial charge >= 0.3 is 0 Å². The highest BCUT2D eigenvalue weighted by Gasteiger charge is 2.41. The van der Waals surface area contributed by atoms with Crippen molar-refractivity contribution in [2.75, 3.05) is 0 Å². The van der Waals surface area contributed by atoms with Gasteiger partial charge in [0.15, 0.2) is 0 Å². The minimum absolute atomic E-state index is 0.435. The van der Waals surface area contributed by atoms with Gasteiger partial charge < -0.3 is 5.73 Å². The largest absolute Gasteiger partial charge is 0.327 e. The van der Waals surface area contributed by atoms with Gasteiger partial charge in [0.2, 0.25) is 0 Å². The Labute approximate surface area is 72.6 Å². The summed E-state index contributed by atoms with van der Waals surface area (Å²) < 4.78 is 0. The third kappa shape index (κ3) is 0.674. The molecule has 0 saturated heterocycles. The minimum atomic E-state index is 0.435. The van der Waals surface area contributed by atoms with Gasteiger partial charge in [-0.2, -0.15) is 0 Å². The maximum atomic E-state index is 6.03. The quantitative estimate of drug-likeness (QED) is 0.615. The van der Waals surface area contributed by atoms with Crippen molar-refractivity contribution in [1.82, 2.24) is 0 Å². The maximum absolute atomic E-state index is 6.03. The van der Waals surface area contributed by atoms with Crippen LogP contribution in [0.2, 0.25) is 0 Å². The molecule has 0 radical (unpaired) electrons. The summed E-state index contributed by atoms with van der Waals surface area (Å²) in [5, 5.41) is 0. The zero-order valence-corrected chi connectivity index (χ0v) is 7.03. The summed E-state index contributed by atoms with van der Waals surface area (Å²) in [7, 11) is 0. The van der Waals surface area contributed by atoms with E-state index in [9.17, 15) is 0 Å². The van der Waals surface area contributed by atoms with Crippen molar-refractivity contribution in [3.63, 3.8) is 0 Å². The van der Waals surface area contributed by atoms with Crippen LogP contribution in [0.5, 0.6) is 0 Å². The van der Waals surface area contributed by atoms with Crippen LogP contribution in [0.1, 0.15) is 35.8 Å². The molecule has 62 valence electrons. The van der Waals surface area contributed by atoms with Gasteiger partial charge in [-0.05, 0) is 35.8 Å². The summed E-state index contributed by atoms with van der Waals surface area (Å²) >= 11 is 0. The summed E-state index contributed by atoms with van der Waals surface area (Å²) in [5.41, 5.74) is 9.14. The molecule has 2 N–H and O–H groups in total. The number of fused-ring (bicyclic) bond motifs is 5.